The van der Waals surface area contributed by atoms with Crippen LogP contribution in [0.4, 0.5) is 0 Å². The van der Waals surface area contributed by atoms with Crippen molar-refractivity contribution in [1.82, 2.24) is 10.2 Å². The maximum absolute atomic E-state index is 10.5. The molecule has 0 bridgehead atoms. The van der Waals surface area contributed by atoms with Crippen LogP contribution in [0.3, 0.4) is 0 Å². The second-order valence-electron chi connectivity index (χ2n) is 6.22. The zero-order valence-corrected chi connectivity index (χ0v) is 14.2. The molecule has 1 fully saturated rings. The molecule has 1 atom stereocenters. The summed E-state index contributed by atoms with van der Waals surface area (Å²) in [7, 11) is 0. The molecule has 22 heavy (non-hydrogen) atoms. The van der Waals surface area contributed by atoms with Crippen molar-refractivity contribution in [3.63, 3.8) is 0 Å². The van der Waals surface area contributed by atoms with Crippen LogP contribution in [-0.4, -0.2) is 49.3 Å². The number of nitrogens with zero attached hydrogens (tertiary/aromatic N) is 1. The maximum Gasteiger partial charge on any atom is 0.122 e. The molecule has 0 aliphatic carbocycles. The van der Waals surface area contributed by atoms with Crippen LogP contribution < -0.4 is 10.1 Å². The Balaban J connectivity index is 1.96. The van der Waals surface area contributed by atoms with Gasteiger partial charge in [-0.15, -0.1) is 0 Å². The summed E-state index contributed by atoms with van der Waals surface area (Å²) in [5.41, 5.74) is 3.26. The Morgan fingerprint density at radius 3 is 2.64 bits per heavy atom. The molecule has 0 amide bonds. The van der Waals surface area contributed by atoms with E-state index < -0.39 is 6.10 Å². The Bertz CT molecular complexity index is 470. The first-order valence-corrected chi connectivity index (χ1v) is 8.47. The van der Waals surface area contributed by atoms with Crippen molar-refractivity contribution in [3.8, 4) is 5.75 Å². The molecule has 1 saturated heterocycles. The highest BCUT2D eigenvalue weighted by Gasteiger charge is 2.16. The Morgan fingerprint density at radius 1 is 1.23 bits per heavy atom. The van der Waals surface area contributed by atoms with E-state index in [1.807, 2.05) is 0 Å². The molecule has 1 unspecified atom stereocenters. The average molecular weight is 306 g/mol. The van der Waals surface area contributed by atoms with Crippen LogP contribution in [0.15, 0.2) is 12.1 Å². The molecule has 0 spiro atoms. The van der Waals surface area contributed by atoms with Gasteiger partial charge in [0.2, 0.25) is 0 Å². The lowest BCUT2D eigenvalue weighted by Gasteiger charge is -2.28. The van der Waals surface area contributed by atoms with Crippen LogP contribution in [0.1, 0.15) is 42.6 Å². The van der Waals surface area contributed by atoms with E-state index in [4.69, 9.17) is 4.74 Å². The third-order valence-electron chi connectivity index (χ3n) is 4.31. The number of hydrogen-bond donors (Lipinski definition) is 2. The second kappa shape index (κ2) is 8.51. The molecular weight excluding hydrogens is 276 g/mol. The summed E-state index contributed by atoms with van der Waals surface area (Å²) in [5.74, 6) is 0.942. The van der Waals surface area contributed by atoms with Gasteiger partial charge in [0.15, 0.2) is 0 Å². The fourth-order valence-electron chi connectivity index (χ4n) is 2.93. The van der Waals surface area contributed by atoms with Crippen molar-refractivity contribution in [2.75, 3.05) is 39.3 Å². The number of benzene rings is 1. The summed E-state index contributed by atoms with van der Waals surface area (Å²) in [6.07, 6.45) is 1.40. The molecule has 1 aliphatic rings. The van der Waals surface area contributed by atoms with E-state index in [2.05, 4.69) is 43.1 Å². The van der Waals surface area contributed by atoms with Gasteiger partial charge in [-0.25, -0.2) is 0 Å². The van der Waals surface area contributed by atoms with Gasteiger partial charge >= 0.3 is 0 Å². The molecule has 0 radical (unpaired) electrons. The van der Waals surface area contributed by atoms with Crippen molar-refractivity contribution >= 4 is 0 Å². The molecule has 4 heteroatoms. The monoisotopic (exact) mass is 306 g/mol. The van der Waals surface area contributed by atoms with Crippen LogP contribution in [0.25, 0.3) is 0 Å². The van der Waals surface area contributed by atoms with Crippen LogP contribution in [0, 0.1) is 13.8 Å². The highest BCUT2D eigenvalue weighted by Crippen LogP contribution is 2.28. The minimum absolute atomic E-state index is 0.395. The first-order valence-electron chi connectivity index (χ1n) is 8.47. The minimum atomic E-state index is -0.395. The zero-order valence-electron chi connectivity index (χ0n) is 14.2. The number of ether oxygens (including phenoxy) is 1. The van der Waals surface area contributed by atoms with Crippen molar-refractivity contribution in [2.45, 2.75) is 39.7 Å². The molecule has 124 valence electrons. The topological polar surface area (TPSA) is 44.7 Å². The van der Waals surface area contributed by atoms with Gasteiger partial charge < -0.3 is 20.1 Å². The molecule has 2 rings (SSSR count). The lowest BCUT2D eigenvalue weighted by molar-refractivity contribution is 0.136. The Hall–Kier alpha value is -1.10. The first-order chi connectivity index (χ1) is 10.6. The molecule has 0 aromatic heterocycles. The number of aliphatic hydroxyl groups is 1. The fraction of sp³-hybridized carbons (Fsp3) is 0.667. The van der Waals surface area contributed by atoms with Gasteiger partial charge in [0.25, 0.3) is 0 Å². The molecule has 1 aromatic rings. The molecule has 1 aromatic carbocycles. The van der Waals surface area contributed by atoms with Gasteiger partial charge in [-0.1, -0.05) is 6.92 Å². The van der Waals surface area contributed by atoms with Gasteiger partial charge in [0.05, 0.1) is 12.7 Å². The van der Waals surface area contributed by atoms with E-state index in [9.17, 15) is 5.11 Å². The predicted molar refractivity (Wildman–Crippen MR) is 90.6 cm³/mol. The van der Waals surface area contributed by atoms with Crippen LogP contribution >= 0.6 is 0 Å². The Kier molecular flexibility index (Phi) is 6.68. The number of aryl methyl sites for hydroxylation is 2. The molecule has 1 aliphatic heterocycles. The zero-order chi connectivity index (χ0) is 15.9. The smallest absolute Gasteiger partial charge is 0.122 e. The Morgan fingerprint density at radius 2 is 1.95 bits per heavy atom. The summed E-state index contributed by atoms with van der Waals surface area (Å²) < 4.78 is 5.76. The normalized spacial score (nSPS) is 17.5. The summed E-state index contributed by atoms with van der Waals surface area (Å²) in [6.45, 7) is 12.2. The summed E-state index contributed by atoms with van der Waals surface area (Å²) in [6, 6.07) is 4.15. The summed E-state index contributed by atoms with van der Waals surface area (Å²) >= 11 is 0. The standard InChI is InChI=1S/C18H30N2O2/c1-4-11-22-18-13-14(2)16(12-15(18)3)17(21)5-8-20-9-6-19-7-10-20/h12-13,17,19,21H,4-11H2,1-3H3. The van der Waals surface area contributed by atoms with E-state index in [-0.39, 0.29) is 0 Å². The van der Waals surface area contributed by atoms with Crippen LogP contribution in [-0.2, 0) is 0 Å². The third-order valence-corrected chi connectivity index (χ3v) is 4.31. The maximum atomic E-state index is 10.5. The molecule has 4 nitrogen and oxygen atoms in total. The molecular formula is C18H30N2O2. The third kappa shape index (κ3) is 4.70. The van der Waals surface area contributed by atoms with Crippen molar-refractivity contribution in [1.29, 1.82) is 0 Å². The Labute approximate surface area is 134 Å². The number of nitrogens with one attached hydrogen (secondary N) is 1. The SMILES string of the molecule is CCCOc1cc(C)c(C(O)CCN2CCNCC2)cc1C. The highest BCUT2D eigenvalue weighted by atomic mass is 16.5. The highest BCUT2D eigenvalue weighted by molar-refractivity contribution is 5.42. The number of rotatable bonds is 7. The second-order valence-corrected chi connectivity index (χ2v) is 6.22. The first kappa shape index (κ1) is 17.3. The quantitative estimate of drug-likeness (QED) is 0.812. The molecule has 2 N–H and O–H groups in total. The molecule has 0 saturated carbocycles. The van der Waals surface area contributed by atoms with Crippen LogP contribution in [0.5, 0.6) is 5.75 Å². The van der Waals surface area contributed by atoms with E-state index in [1.54, 1.807) is 0 Å². The van der Waals surface area contributed by atoms with Crippen molar-refractivity contribution in [3.05, 3.63) is 28.8 Å². The lowest BCUT2D eigenvalue weighted by Crippen LogP contribution is -2.44. The lowest BCUT2D eigenvalue weighted by atomic mass is 9.98. The largest absolute Gasteiger partial charge is 0.493 e. The summed E-state index contributed by atoms with van der Waals surface area (Å²) in [5, 5.41) is 13.9. The number of hydrogen-bond acceptors (Lipinski definition) is 4. The van der Waals surface area contributed by atoms with Crippen LogP contribution in [0.2, 0.25) is 0 Å². The van der Waals surface area contributed by atoms with E-state index in [1.165, 1.54) is 0 Å². The van der Waals surface area contributed by atoms with Gasteiger partial charge in [-0.2, -0.15) is 0 Å². The molecule has 1 heterocycles. The van der Waals surface area contributed by atoms with Crippen molar-refractivity contribution in [2.24, 2.45) is 0 Å². The predicted octanol–water partition coefficient (Wildman–Crippen LogP) is 2.42. The van der Waals surface area contributed by atoms with Gasteiger partial charge in [0.1, 0.15) is 5.75 Å². The van der Waals surface area contributed by atoms with Gasteiger partial charge in [-0.05, 0) is 55.5 Å². The van der Waals surface area contributed by atoms with E-state index in [0.717, 1.165) is 74.6 Å². The number of aliphatic hydroxyl groups excluding tert-OH is 1. The minimum Gasteiger partial charge on any atom is -0.493 e. The van der Waals surface area contributed by atoms with Gasteiger partial charge in [-0.3, -0.25) is 0 Å². The van der Waals surface area contributed by atoms with Gasteiger partial charge in [0, 0.05) is 32.7 Å². The van der Waals surface area contributed by atoms with E-state index in [0.29, 0.717) is 0 Å². The number of piperazine rings is 1. The average Bonchev–Trinajstić information content (AvgIpc) is 2.54. The summed E-state index contributed by atoms with van der Waals surface area (Å²) in [4.78, 5) is 2.42. The fourth-order valence-corrected chi connectivity index (χ4v) is 2.93. The van der Waals surface area contributed by atoms with E-state index >= 15 is 0 Å². The van der Waals surface area contributed by atoms with Crippen molar-refractivity contribution < 1.29 is 9.84 Å².